The predicted octanol–water partition coefficient (Wildman–Crippen LogP) is 3.48. The van der Waals surface area contributed by atoms with Gasteiger partial charge >= 0.3 is 0 Å². The zero-order valence-corrected chi connectivity index (χ0v) is 11.7. The Bertz CT molecular complexity index is 546. The van der Waals surface area contributed by atoms with E-state index >= 15 is 0 Å². The molecule has 19 heavy (non-hydrogen) atoms. The van der Waals surface area contributed by atoms with Gasteiger partial charge < -0.3 is 14.5 Å². The van der Waals surface area contributed by atoms with Gasteiger partial charge in [0, 0.05) is 24.5 Å². The number of benzene rings is 1. The number of aromatic amines is 1. The molecule has 1 atom stereocenters. The van der Waals surface area contributed by atoms with Crippen molar-refractivity contribution in [2.24, 2.45) is 5.92 Å². The maximum atomic E-state index is 5.70. The third kappa shape index (κ3) is 2.27. The smallest absolute Gasteiger partial charge is 0.163 e. The third-order valence-electron chi connectivity index (χ3n) is 3.80. The van der Waals surface area contributed by atoms with Crippen molar-refractivity contribution in [1.82, 2.24) is 9.97 Å². The molecule has 1 aliphatic heterocycles. The number of hydrogen-bond donors (Lipinski definition) is 1. The summed E-state index contributed by atoms with van der Waals surface area (Å²) in [6.45, 7) is 8.03. The highest BCUT2D eigenvalue weighted by molar-refractivity contribution is 5.80. The first kappa shape index (κ1) is 12.3. The summed E-state index contributed by atoms with van der Waals surface area (Å²) in [6, 6.07) is 3.97. The second-order valence-corrected chi connectivity index (χ2v) is 5.52. The van der Waals surface area contributed by atoms with E-state index in [0.717, 1.165) is 34.8 Å². The topological polar surface area (TPSA) is 47.1 Å². The number of ether oxygens (including phenoxy) is 2. The van der Waals surface area contributed by atoms with E-state index in [0.29, 0.717) is 25.0 Å². The normalized spacial score (nSPS) is 16.6. The average molecular weight is 260 g/mol. The van der Waals surface area contributed by atoms with Gasteiger partial charge in [-0.15, -0.1) is 0 Å². The molecule has 0 aliphatic carbocycles. The number of rotatable bonds is 2. The molecule has 1 N–H and O–H groups in total. The van der Waals surface area contributed by atoms with Crippen LogP contribution in [-0.2, 0) is 0 Å². The molecule has 1 aromatic heterocycles. The second-order valence-electron chi connectivity index (χ2n) is 5.52. The van der Waals surface area contributed by atoms with Gasteiger partial charge in [-0.2, -0.15) is 0 Å². The van der Waals surface area contributed by atoms with E-state index in [2.05, 4.69) is 30.7 Å². The number of nitrogens with one attached hydrogen (secondary N) is 1. The molecule has 0 saturated carbocycles. The molecule has 0 radical (unpaired) electrons. The summed E-state index contributed by atoms with van der Waals surface area (Å²) in [5, 5.41) is 0. The number of aromatic nitrogens is 2. The summed E-state index contributed by atoms with van der Waals surface area (Å²) in [7, 11) is 0. The van der Waals surface area contributed by atoms with Gasteiger partial charge in [-0.05, 0) is 5.92 Å². The number of fused-ring (bicyclic) bond motifs is 2. The molecular formula is C15H20N2O2. The van der Waals surface area contributed by atoms with Crippen molar-refractivity contribution in [3.8, 4) is 11.5 Å². The maximum Gasteiger partial charge on any atom is 0.163 e. The molecule has 0 saturated heterocycles. The van der Waals surface area contributed by atoms with E-state index < -0.39 is 0 Å². The van der Waals surface area contributed by atoms with Crippen molar-refractivity contribution in [2.45, 2.75) is 33.1 Å². The summed E-state index contributed by atoms with van der Waals surface area (Å²) in [6.07, 6.45) is 0.922. The minimum Gasteiger partial charge on any atom is -0.489 e. The molecule has 0 amide bonds. The molecule has 3 rings (SSSR count). The Morgan fingerprint density at radius 2 is 1.79 bits per heavy atom. The van der Waals surface area contributed by atoms with Gasteiger partial charge in [0.1, 0.15) is 5.82 Å². The molecule has 102 valence electrons. The van der Waals surface area contributed by atoms with Crippen LogP contribution in [0.1, 0.15) is 38.9 Å². The summed E-state index contributed by atoms with van der Waals surface area (Å²) in [5.74, 6) is 3.63. The fourth-order valence-electron chi connectivity index (χ4n) is 2.22. The fourth-order valence-corrected chi connectivity index (χ4v) is 2.22. The summed E-state index contributed by atoms with van der Waals surface area (Å²) >= 11 is 0. The Morgan fingerprint density at radius 1 is 1.11 bits per heavy atom. The van der Waals surface area contributed by atoms with Crippen molar-refractivity contribution >= 4 is 11.0 Å². The number of imidazole rings is 1. The lowest BCUT2D eigenvalue weighted by Crippen LogP contribution is -2.03. The summed E-state index contributed by atoms with van der Waals surface area (Å²) in [5.41, 5.74) is 1.97. The zero-order chi connectivity index (χ0) is 13.4. The molecule has 2 heterocycles. The Labute approximate surface area is 113 Å². The minimum atomic E-state index is 0.411. The van der Waals surface area contributed by atoms with Crippen LogP contribution in [0, 0.1) is 5.92 Å². The standard InChI is InChI=1S/C15H20N2O2/c1-9(2)10(3)15-16-11-7-13-14(8-12(11)17-15)19-6-4-5-18-13/h7-10H,4-6H2,1-3H3,(H,16,17). The molecule has 4 heteroatoms. The van der Waals surface area contributed by atoms with E-state index in [1.807, 2.05) is 12.1 Å². The fraction of sp³-hybridized carbons (Fsp3) is 0.533. The van der Waals surface area contributed by atoms with Crippen molar-refractivity contribution in [1.29, 1.82) is 0 Å². The van der Waals surface area contributed by atoms with E-state index in [-0.39, 0.29) is 0 Å². The lowest BCUT2D eigenvalue weighted by molar-refractivity contribution is 0.297. The molecule has 2 aromatic rings. The summed E-state index contributed by atoms with van der Waals surface area (Å²) in [4.78, 5) is 8.08. The number of nitrogens with zero attached hydrogens (tertiary/aromatic N) is 1. The molecular weight excluding hydrogens is 240 g/mol. The highest BCUT2D eigenvalue weighted by Gasteiger charge is 2.17. The van der Waals surface area contributed by atoms with E-state index in [9.17, 15) is 0 Å². The zero-order valence-electron chi connectivity index (χ0n) is 11.7. The molecule has 1 aliphatic rings. The SMILES string of the molecule is CC(C)C(C)c1nc2cc3c(cc2[nH]1)OCCCO3. The third-order valence-corrected chi connectivity index (χ3v) is 3.80. The van der Waals surface area contributed by atoms with Crippen LogP contribution in [-0.4, -0.2) is 23.2 Å². The van der Waals surface area contributed by atoms with Crippen LogP contribution >= 0.6 is 0 Å². The Hall–Kier alpha value is -1.71. The lowest BCUT2D eigenvalue weighted by Gasteiger charge is -2.11. The second kappa shape index (κ2) is 4.76. The lowest BCUT2D eigenvalue weighted by atomic mass is 9.98. The maximum absolute atomic E-state index is 5.70. The summed E-state index contributed by atoms with van der Waals surface area (Å²) < 4.78 is 11.4. The van der Waals surface area contributed by atoms with Gasteiger partial charge in [0.2, 0.25) is 0 Å². The van der Waals surface area contributed by atoms with Crippen LogP contribution in [0.25, 0.3) is 11.0 Å². The number of H-pyrrole nitrogens is 1. The Kier molecular flexibility index (Phi) is 3.09. The quantitative estimate of drug-likeness (QED) is 0.899. The predicted molar refractivity (Wildman–Crippen MR) is 75.0 cm³/mol. The molecule has 4 nitrogen and oxygen atoms in total. The van der Waals surface area contributed by atoms with Crippen molar-refractivity contribution in [3.63, 3.8) is 0 Å². The van der Waals surface area contributed by atoms with E-state index in [4.69, 9.17) is 9.47 Å². The van der Waals surface area contributed by atoms with Crippen LogP contribution in [0.15, 0.2) is 12.1 Å². The van der Waals surface area contributed by atoms with Crippen LogP contribution in [0.3, 0.4) is 0 Å². The van der Waals surface area contributed by atoms with Crippen molar-refractivity contribution in [3.05, 3.63) is 18.0 Å². The van der Waals surface area contributed by atoms with Gasteiger partial charge in [0.05, 0.1) is 24.2 Å². The first-order valence-corrected chi connectivity index (χ1v) is 6.94. The van der Waals surface area contributed by atoms with Crippen LogP contribution in [0.2, 0.25) is 0 Å². The first-order chi connectivity index (χ1) is 9.15. The van der Waals surface area contributed by atoms with Gasteiger partial charge in [-0.25, -0.2) is 4.98 Å². The Balaban J connectivity index is 2.04. The molecule has 0 bridgehead atoms. The largest absolute Gasteiger partial charge is 0.489 e. The van der Waals surface area contributed by atoms with Gasteiger partial charge in [-0.3, -0.25) is 0 Å². The van der Waals surface area contributed by atoms with Gasteiger partial charge in [0.25, 0.3) is 0 Å². The monoisotopic (exact) mass is 260 g/mol. The van der Waals surface area contributed by atoms with Gasteiger partial charge in [0.15, 0.2) is 11.5 Å². The van der Waals surface area contributed by atoms with Crippen molar-refractivity contribution in [2.75, 3.05) is 13.2 Å². The van der Waals surface area contributed by atoms with Crippen LogP contribution in [0.5, 0.6) is 11.5 Å². The highest BCUT2D eigenvalue weighted by Crippen LogP contribution is 2.34. The van der Waals surface area contributed by atoms with Crippen LogP contribution < -0.4 is 9.47 Å². The molecule has 1 unspecified atom stereocenters. The van der Waals surface area contributed by atoms with E-state index in [1.165, 1.54) is 0 Å². The molecule has 0 spiro atoms. The van der Waals surface area contributed by atoms with Gasteiger partial charge in [-0.1, -0.05) is 20.8 Å². The molecule has 1 aromatic carbocycles. The number of hydrogen-bond acceptors (Lipinski definition) is 3. The average Bonchev–Trinajstić information content (AvgIpc) is 2.65. The highest BCUT2D eigenvalue weighted by atomic mass is 16.5. The van der Waals surface area contributed by atoms with Crippen molar-refractivity contribution < 1.29 is 9.47 Å². The van der Waals surface area contributed by atoms with Crippen LogP contribution in [0.4, 0.5) is 0 Å². The first-order valence-electron chi connectivity index (χ1n) is 6.94. The van der Waals surface area contributed by atoms with E-state index in [1.54, 1.807) is 0 Å². The molecule has 0 fully saturated rings. The minimum absolute atomic E-state index is 0.411. The Morgan fingerprint density at radius 3 is 2.47 bits per heavy atom.